The highest BCUT2D eigenvalue weighted by atomic mass is 19.1. The Morgan fingerprint density at radius 3 is 2.50 bits per heavy atom. The van der Waals surface area contributed by atoms with Crippen LogP contribution < -0.4 is 10.1 Å². The molecule has 0 aliphatic heterocycles. The number of rotatable bonds is 8. The van der Waals surface area contributed by atoms with Gasteiger partial charge in [-0.15, -0.1) is 0 Å². The summed E-state index contributed by atoms with van der Waals surface area (Å²) in [5, 5.41) is 13.8. The first-order chi connectivity index (χ1) is 16.4. The Balaban J connectivity index is 1.64. The van der Waals surface area contributed by atoms with Crippen LogP contribution in [0.2, 0.25) is 0 Å². The van der Waals surface area contributed by atoms with Gasteiger partial charge in [-0.2, -0.15) is 0 Å². The van der Waals surface area contributed by atoms with Crippen molar-refractivity contribution in [3.05, 3.63) is 89.6 Å². The molecule has 1 heterocycles. The third-order valence-corrected chi connectivity index (χ3v) is 5.54. The van der Waals surface area contributed by atoms with Gasteiger partial charge in [-0.3, -0.25) is 4.79 Å². The number of carbonyl (C=O) groups is 1. The maximum Gasteiger partial charge on any atom is 0.255 e. The van der Waals surface area contributed by atoms with Crippen molar-refractivity contribution in [3.8, 4) is 16.9 Å². The highest BCUT2D eigenvalue weighted by molar-refractivity contribution is 5.98. The van der Waals surface area contributed by atoms with Gasteiger partial charge in [-0.05, 0) is 61.7 Å². The number of aromatic amines is 1. The minimum absolute atomic E-state index is 0.131. The summed E-state index contributed by atoms with van der Waals surface area (Å²) in [4.78, 5) is 16.4. The topological polar surface area (TPSA) is 74.3 Å². The minimum Gasteiger partial charge on any atom is -0.490 e. The molecule has 0 unspecified atom stereocenters. The van der Waals surface area contributed by atoms with Crippen LogP contribution in [0, 0.1) is 11.6 Å². The zero-order valence-electron chi connectivity index (χ0n) is 18.9. The van der Waals surface area contributed by atoms with Gasteiger partial charge >= 0.3 is 0 Å². The molecule has 1 amide bonds. The van der Waals surface area contributed by atoms with Crippen LogP contribution >= 0.6 is 0 Å². The molecule has 0 bridgehead atoms. The predicted octanol–water partition coefficient (Wildman–Crippen LogP) is 5.23. The maximum atomic E-state index is 14.4. The molecule has 0 radical (unpaired) electrons. The minimum atomic E-state index is -0.726. The Kier molecular flexibility index (Phi) is 6.93. The zero-order chi connectivity index (χ0) is 24.2. The molecule has 5 nitrogen and oxygen atoms in total. The van der Waals surface area contributed by atoms with E-state index in [1.807, 2.05) is 44.3 Å². The van der Waals surface area contributed by atoms with E-state index < -0.39 is 23.6 Å². The van der Waals surface area contributed by atoms with E-state index in [9.17, 15) is 18.7 Å². The average molecular weight is 465 g/mol. The van der Waals surface area contributed by atoms with Crippen molar-refractivity contribution < 1.29 is 23.4 Å². The number of aromatic nitrogens is 1. The molecule has 3 N–H and O–H groups in total. The molecule has 0 saturated carbocycles. The number of aliphatic hydroxyl groups is 1. The molecule has 1 aromatic heterocycles. The summed E-state index contributed by atoms with van der Waals surface area (Å²) in [5.41, 5.74) is 2.05. The van der Waals surface area contributed by atoms with Crippen LogP contribution in [-0.2, 0) is 6.42 Å². The molecule has 1 atom stereocenters. The molecule has 4 rings (SSSR count). The van der Waals surface area contributed by atoms with Crippen LogP contribution in [0.15, 0.2) is 66.9 Å². The largest absolute Gasteiger partial charge is 0.490 e. The number of fused-ring (bicyclic) bond motifs is 1. The Morgan fingerprint density at radius 2 is 1.79 bits per heavy atom. The van der Waals surface area contributed by atoms with Crippen molar-refractivity contribution in [1.82, 2.24) is 10.3 Å². The van der Waals surface area contributed by atoms with Crippen LogP contribution in [-0.4, -0.2) is 34.8 Å². The van der Waals surface area contributed by atoms with Crippen molar-refractivity contribution in [2.45, 2.75) is 32.4 Å². The maximum absolute atomic E-state index is 14.4. The summed E-state index contributed by atoms with van der Waals surface area (Å²) >= 11 is 0. The van der Waals surface area contributed by atoms with Crippen LogP contribution in [0.3, 0.4) is 0 Å². The lowest BCUT2D eigenvalue weighted by Crippen LogP contribution is -2.39. The lowest BCUT2D eigenvalue weighted by atomic mass is 10.00. The molecular weight excluding hydrogens is 438 g/mol. The number of hydrogen-bond donors (Lipinski definition) is 3. The van der Waals surface area contributed by atoms with E-state index in [-0.39, 0.29) is 35.2 Å². The fraction of sp³-hybridized carbons (Fsp3) is 0.222. The Hall–Kier alpha value is -3.71. The molecule has 0 spiro atoms. The van der Waals surface area contributed by atoms with Gasteiger partial charge in [0.25, 0.3) is 5.91 Å². The van der Waals surface area contributed by atoms with Gasteiger partial charge in [0.2, 0.25) is 0 Å². The predicted molar refractivity (Wildman–Crippen MR) is 128 cm³/mol. The molecule has 0 aliphatic rings. The molecule has 4 aromatic rings. The Bertz CT molecular complexity index is 1300. The Labute approximate surface area is 196 Å². The van der Waals surface area contributed by atoms with Crippen molar-refractivity contribution in [1.29, 1.82) is 0 Å². The molecule has 3 aromatic carbocycles. The lowest BCUT2D eigenvalue weighted by molar-refractivity contribution is 0.0910. The van der Waals surface area contributed by atoms with E-state index in [0.717, 1.165) is 16.5 Å². The van der Waals surface area contributed by atoms with Gasteiger partial charge in [0.05, 0.1) is 29.9 Å². The molecule has 0 fully saturated rings. The fourth-order valence-electron chi connectivity index (χ4n) is 3.98. The summed E-state index contributed by atoms with van der Waals surface area (Å²) in [6, 6.07) is 15.3. The second-order valence-electron chi connectivity index (χ2n) is 8.39. The first-order valence-electron chi connectivity index (χ1n) is 11.1. The quantitative estimate of drug-likeness (QED) is 0.334. The fourth-order valence-corrected chi connectivity index (χ4v) is 3.98. The van der Waals surface area contributed by atoms with E-state index in [2.05, 4.69) is 10.3 Å². The zero-order valence-corrected chi connectivity index (χ0v) is 18.9. The SMILES string of the molecule is CC(C)Oc1ccc(-c2c(F)cccc2F)cc1C(=O)N[C@@H](CO)Cc1c[nH]c2ccccc12. The van der Waals surface area contributed by atoms with Gasteiger partial charge in [0, 0.05) is 17.1 Å². The second kappa shape index (κ2) is 10.1. The molecule has 0 aliphatic carbocycles. The number of hydrogen-bond acceptors (Lipinski definition) is 3. The van der Waals surface area contributed by atoms with Gasteiger partial charge in [0.15, 0.2) is 0 Å². The number of ether oxygens (including phenoxy) is 1. The number of carbonyl (C=O) groups excluding carboxylic acids is 1. The van der Waals surface area contributed by atoms with Gasteiger partial charge in [0.1, 0.15) is 17.4 Å². The molecular formula is C27H26F2N2O3. The van der Waals surface area contributed by atoms with Crippen LogP contribution in [0.4, 0.5) is 8.78 Å². The number of aliphatic hydroxyl groups excluding tert-OH is 1. The smallest absolute Gasteiger partial charge is 0.255 e. The first-order valence-corrected chi connectivity index (χ1v) is 11.1. The van der Waals surface area contributed by atoms with E-state index >= 15 is 0 Å². The molecule has 176 valence electrons. The summed E-state index contributed by atoms with van der Waals surface area (Å²) in [6.07, 6.45) is 2.03. The van der Waals surface area contributed by atoms with Crippen molar-refractivity contribution in [2.24, 2.45) is 0 Å². The van der Waals surface area contributed by atoms with E-state index in [1.165, 1.54) is 36.4 Å². The van der Waals surface area contributed by atoms with Crippen molar-refractivity contribution in [2.75, 3.05) is 6.61 Å². The first kappa shape index (κ1) is 23.4. The molecule has 7 heteroatoms. The number of amides is 1. The van der Waals surface area contributed by atoms with Crippen molar-refractivity contribution >= 4 is 16.8 Å². The number of halogens is 2. The van der Waals surface area contributed by atoms with Crippen LogP contribution in [0.1, 0.15) is 29.8 Å². The summed E-state index contributed by atoms with van der Waals surface area (Å²) in [6.45, 7) is 3.35. The molecule has 34 heavy (non-hydrogen) atoms. The monoisotopic (exact) mass is 464 g/mol. The molecule has 0 saturated heterocycles. The lowest BCUT2D eigenvalue weighted by Gasteiger charge is -2.19. The van der Waals surface area contributed by atoms with Gasteiger partial charge < -0.3 is 20.1 Å². The number of benzene rings is 3. The van der Waals surface area contributed by atoms with Gasteiger partial charge in [-0.1, -0.05) is 30.3 Å². The number of H-pyrrole nitrogens is 1. The van der Waals surface area contributed by atoms with Crippen LogP contribution in [0.25, 0.3) is 22.0 Å². The second-order valence-corrected chi connectivity index (χ2v) is 8.39. The Morgan fingerprint density at radius 1 is 1.06 bits per heavy atom. The highest BCUT2D eigenvalue weighted by Gasteiger charge is 2.21. The number of para-hydroxylation sites is 1. The van der Waals surface area contributed by atoms with E-state index in [4.69, 9.17) is 4.74 Å². The van der Waals surface area contributed by atoms with Crippen LogP contribution in [0.5, 0.6) is 5.75 Å². The van der Waals surface area contributed by atoms with Gasteiger partial charge in [-0.25, -0.2) is 8.78 Å². The number of nitrogens with one attached hydrogen (secondary N) is 2. The summed E-state index contributed by atoms with van der Waals surface area (Å²) in [5.74, 6) is -1.67. The third kappa shape index (κ3) is 4.94. The average Bonchev–Trinajstić information content (AvgIpc) is 3.21. The van der Waals surface area contributed by atoms with E-state index in [1.54, 1.807) is 0 Å². The normalized spacial score (nSPS) is 12.2. The van der Waals surface area contributed by atoms with E-state index in [0.29, 0.717) is 6.42 Å². The highest BCUT2D eigenvalue weighted by Crippen LogP contribution is 2.31. The third-order valence-electron chi connectivity index (χ3n) is 5.54. The standard InChI is InChI=1S/C27H26F2N2O3/c1-16(2)34-25-11-10-17(26-22(28)7-5-8-23(26)29)13-21(25)27(33)31-19(15-32)12-18-14-30-24-9-4-3-6-20(18)24/h3-11,13-14,16,19,30,32H,12,15H2,1-2H3,(H,31,33)/t19-/m1/s1. The van der Waals surface area contributed by atoms with Crippen molar-refractivity contribution in [3.63, 3.8) is 0 Å². The summed E-state index contributed by atoms with van der Waals surface area (Å²) < 4.78 is 34.5. The summed E-state index contributed by atoms with van der Waals surface area (Å²) in [7, 11) is 0.